The van der Waals surface area contributed by atoms with Crippen molar-refractivity contribution in [3.8, 4) is 11.5 Å². The van der Waals surface area contributed by atoms with Gasteiger partial charge in [0.2, 0.25) is 0 Å². The summed E-state index contributed by atoms with van der Waals surface area (Å²) in [5, 5.41) is 1.10. The Morgan fingerprint density at radius 3 is 1.95 bits per heavy atom. The first kappa shape index (κ1) is 14.7. The summed E-state index contributed by atoms with van der Waals surface area (Å²) >= 11 is -2.09. The van der Waals surface area contributed by atoms with Gasteiger partial charge in [0.15, 0.2) is 0 Å². The Kier molecular flexibility index (Phi) is 4.42. The predicted molar refractivity (Wildman–Crippen MR) is 79.9 cm³/mol. The Labute approximate surface area is 134 Å². The van der Waals surface area contributed by atoms with Crippen molar-refractivity contribution in [3.05, 3.63) is 61.2 Å². The number of para-hydroxylation sites is 2. The first-order valence-corrected chi connectivity index (χ1v) is 11.2. The molecular weight excluding hydrogens is 410 g/mol. The quantitative estimate of drug-likeness (QED) is 0.278. The number of aromatic hydroxyl groups is 2. The van der Waals surface area contributed by atoms with E-state index in [4.69, 9.17) is 4.74 Å². The number of fused-ring (bicyclic) bond motifs is 2. The van der Waals surface area contributed by atoms with E-state index in [1.165, 1.54) is 8.70 Å². The van der Waals surface area contributed by atoms with Crippen LogP contribution in [0.15, 0.2) is 61.2 Å². The molecule has 3 heteroatoms. The summed E-state index contributed by atoms with van der Waals surface area (Å²) < 4.78 is 7.73. The van der Waals surface area contributed by atoms with Crippen LogP contribution in [0.2, 0.25) is 10.9 Å². The van der Waals surface area contributed by atoms with Crippen LogP contribution < -0.4 is 32.7 Å². The molecule has 3 rings (SSSR count). The minimum atomic E-state index is -2.09. The van der Waals surface area contributed by atoms with Crippen molar-refractivity contribution in [1.82, 2.24) is 0 Å². The summed E-state index contributed by atoms with van der Waals surface area (Å²) in [5.41, 5.74) is 2.45. The van der Waals surface area contributed by atoms with Crippen molar-refractivity contribution >= 4 is 22.3 Å². The second-order valence-electron chi connectivity index (χ2n) is 4.75. The van der Waals surface area contributed by atoms with Gasteiger partial charge in [0.1, 0.15) is 0 Å². The maximum atomic E-state index is 4.80. The number of ether oxygens (including phenoxy) is 1. The van der Waals surface area contributed by atoms with Gasteiger partial charge in [-0.3, -0.25) is 0 Å². The molecule has 0 saturated carbocycles. The first-order valence-electron chi connectivity index (χ1n) is 6.13. The van der Waals surface area contributed by atoms with E-state index < -0.39 is 13.6 Å². The Balaban J connectivity index is 0.00000133. The van der Waals surface area contributed by atoms with Crippen LogP contribution in [0.3, 0.4) is 0 Å². The smallest absolute Gasteiger partial charge is 1.00 e. The molecule has 0 unspecified atom stereocenters. The molecule has 1 nitrogen and oxygen atoms in total. The van der Waals surface area contributed by atoms with Gasteiger partial charge >= 0.3 is 111 Å². The number of halogens is 1. The Morgan fingerprint density at radius 1 is 1.00 bits per heavy atom. The molecule has 0 aliphatic carbocycles. The Morgan fingerprint density at radius 2 is 1.47 bits per heavy atom. The molecular formula is C16H17AsIO. The number of hydrogen-bond acceptors (Lipinski definition) is 0. The average Bonchev–Trinajstić information content (AvgIpc) is 2.40. The first-order chi connectivity index (χ1) is 8.75. The van der Waals surface area contributed by atoms with Crippen LogP contribution in [0.5, 0.6) is 11.5 Å². The van der Waals surface area contributed by atoms with Gasteiger partial charge in [-0.25, -0.2) is 0 Å². The van der Waals surface area contributed by atoms with Gasteiger partial charge in [-0.1, -0.05) is 0 Å². The Hall–Kier alpha value is -0.732. The van der Waals surface area contributed by atoms with Crippen molar-refractivity contribution in [2.45, 2.75) is 10.9 Å². The van der Waals surface area contributed by atoms with Gasteiger partial charge in [0.25, 0.3) is 0 Å². The van der Waals surface area contributed by atoms with Crippen molar-refractivity contribution in [1.29, 1.82) is 0 Å². The molecule has 0 amide bonds. The summed E-state index contributed by atoms with van der Waals surface area (Å²) in [4.78, 5) is 0. The van der Waals surface area contributed by atoms with Gasteiger partial charge in [0, 0.05) is 0 Å². The number of allylic oxidation sites excluding steroid dienone is 1. The molecule has 2 aromatic carbocycles. The summed E-state index contributed by atoms with van der Waals surface area (Å²) in [6.45, 7) is 3.96. The largest absolute Gasteiger partial charge is 1.00 e. The molecule has 0 bridgehead atoms. The molecule has 19 heavy (non-hydrogen) atoms. The predicted octanol–water partition coefficient (Wildman–Crippen LogP) is 0.0376. The molecule has 1 N–H and O–H groups in total. The van der Waals surface area contributed by atoms with Gasteiger partial charge < -0.3 is 24.0 Å². The van der Waals surface area contributed by atoms with Crippen LogP contribution in [0.1, 0.15) is 0 Å². The number of rotatable bonds is 2. The number of hydrogen-bond donors (Lipinski definition) is 0. The SMILES string of the molecule is C=CC[As]1(C)c2ccccc2[OH+]c2ccccc21.[I-]. The molecule has 2 aromatic rings. The Bertz CT molecular complexity index is 564. The number of benzene rings is 2. The summed E-state index contributed by atoms with van der Waals surface area (Å²) in [7, 11) is 0. The van der Waals surface area contributed by atoms with Crippen molar-refractivity contribution in [2.24, 2.45) is 0 Å². The summed E-state index contributed by atoms with van der Waals surface area (Å²) in [5.74, 6) is 2.32. The molecule has 0 fully saturated rings. The van der Waals surface area contributed by atoms with Crippen LogP contribution in [0, 0.1) is 0 Å². The van der Waals surface area contributed by atoms with E-state index in [0.717, 1.165) is 16.7 Å². The molecule has 0 spiro atoms. The van der Waals surface area contributed by atoms with E-state index in [2.05, 4.69) is 66.9 Å². The van der Waals surface area contributed by atoms with E-state index in [1.807, 2.05) is 0 Å². The van der Waals surface area contributed by atoms with Gasteiger partial charge in [-0.2, -0.15) is 0 Å². The minimum Gasteiger partial charge on any atom is -1.00 e. The average molecular weight is 427 g/mol. The third-order valence-electron chi connectivity index (χ3n) is 3.56. The molecule has 1 heterocycles. The van der Waals surface area contributed by atoms with Crippen molar-refractivity contribution < 1.29 is 28.7 Å². The molecule has 1 radical (unpaired) electrons. The van der Waals surface area contributed by atoms with E-state index in [1.54, 1.807) is 0 Å². The van der Waals surface area contributed by atoms with Crippen LogP contribution in [0.25, 0.3) is 0 Å². The van der Waals surface area contributed by atoms with E-state index in [0.29, 0.717) is 0 Å². The van der Waals surface area contributed by atoms with Crippen molar-refractivity contribution in [3.63, 3.8) is 0 Å². The fraction of sp³-hybridized carbons (Fsp3) is 0.125. The maximum Gasteiger partial charge on any atom is -1.00 e. The second kappa shape index (κ2) is 5.72. The topological polar surface area (TPSA) is 12.8 Å². The van der Waals surface area contributed by atoms with Crippen LogP contribution in [-0.2, 0) is 0 Å². The summed E-state index contributed by atoms with van der Waals surface area (Å²) in [6.07, 6.45) is 2.08. The normalized spacial score (nSPS) is 14.4. The molecule has 1 aliphatic heterocycles. The van der Waals surface area contributed by atoms with E-state index in [9.17, 15) is 0 Å². The van der Waals surface area contributed by atoms with Gasteiger partial charge in [0.05, 0.1) is 0 Å². The maximum absolute atomic E-state index is 4.80. The van der Waals surface area contributed by atoms with Crippen LogP contribution >= 0.6 is 0 Å². The minimum absolute atomic E-state index is 0. The third-order valence-corrected chi connectivity index (χ3v) is 11.7. The van der Waals surface area contributed by atoms with Gasteiger partial charge in [-0.05, 0) is 0 Å². The zero-order chi connectivity index (χ0) is 12.6. The molecule has 1 aliphatic rings. The van der Waals surface area contributed by atoms with E-state index in [-0.39, 0.29) is 24.0 Å². The standard InChI is InChI=1S/C16H16AsO.HI/c1-3-12-17(2)13-8-4-6-10-15(13)18-16-11-7-5-9-14(16)17;/h3-11H,1,12H2,2H3;1H. The molecule has 0 atom stereocenters. The zero-order valence-electron chi connectivity index (χ0n) is 10.9. The van der Waals surface area contributed by atoms with Crippen molar-refractivity contribution in [2.75, 3.05) is 0 Å². The second-order valence-corrected chi connectivity index (χ2v) is 12.5. The fourth-order valence-corrected chi connectivity index (χ4v) is 9.51. The molecule has 0 aromatic heterocycles. The molecule has 0 saturated heterocycles. The third kappa shape index (κ3) is 2.36. The van der Waals surface area contributed by atoms with Crippen LogP contribution in [-0.4, -0.2) is 18.3 Å². The van der Waals surface area contributed by atoms with Gasteiger partial charge in [-0.15, -0.1) is 0 Å². The van der Waals surface area contributed by atoms with Crippen LogP contribution in [0.4, 0.5) is 0 Å². The zero-order valence-corrected chi connectivity index (χ0v) is 14.9. The molecule has 99 valence electrons. The monoisotopic (exact) mass is 427 g/mol. The summed E-state index contributed by atoms with van der Waals surface area (Å²) in [6, 6.07) is 17.2. The van der Waals surface area contributed by atoms with E-state index >= 15 is 0 Å². The fourth-order valence-electron chi connectivity index (χ4n) is 2.67.